The summed E-state index contributed by atoms with van der Waals surface area (Å²) in [4.78, 5) is 30.1. The van der Waals surface area contributed by atoms with Crippen molar-refractivity contribution >= 4 is 39.1 Å². The molecule has 4 aromatic carbocycles. The first-order valence-corrected chi connectivity index (χ1v) is 17.4. The number of rotatable bonds is 14. The van der Waals surface area contributed by atoms with E-state index in [1.807, 2.05) is 82.3 Å². The zero-order valence-electron chi connectivity index (χ0n) is 27.4. The highest BCUT2D eigenvalue weighted by Gasteiger charge is 2.36. The van der Waals surface area contributed by atoms with Crippen LogP contribution in [0.1, 0.15) is 42.5 Å². The lowest BCUT2D eigenvalue weighted by Crippen LogP contribution is -2.54. The van der Waals surface area contributed by atoms with E-state index in [2.05, 4.69) is 5.32 Å². The minimum absolute atomic E-state index is 0.00152. The first kappa shape index (κ1) is 35.5. The molecule has 0 bridgehead atoms. The van der Waals surface area contributed by atoms with Crippen LogP contribution in [-0.2, 0) is 32.6 Å². The molecule has 10 heteroatoms. The monoisotopic (exact) mass is 675 g/mol. The lowest BCUT2D eigenvalue weighted by molar-refractivity contribution is -0.140. The van der Waals surface area contributed by atoms with E-state index < -0.39 is 28.5 Å². The molecule has 248 valence electrons. The summed E-state index contributed by atoms with van der Waals surface area (Å²) >= 11 is 6.37. The van der Waals surface area contributed by atoms with Crippen molar-refractivity contribution in [1.82, 2.24) is 10.2 Å². The standard InChI is InChI=1S/C37H42ClN3O5S/c1-6-28(4)39-37(43)34(22-29-10-8-7-9-11-29)40(24-30-16-12-26(2)13-17-30)36(42)25-41(33-23-31(38)18-21-35(33)46-5)47(44,45)32-19-14-27(3)15-20-32/h7-21,23,28,34H,6,22,24-25H2,1-5H3,(H,39,43)/t28-,34-/m1/s1. The van der Waals surface area contributed by atoms with Gasteiger partial charge in [0, 0.05) is 24.0 Å². The predicted molar refractivity (Wildman–Crippen MR) is 187 cm³/mol. The number of aryl methyl sites for hydroxylation is 2. The topological polar surface area (TPSA) is 96.0 Å². The first-order chi connectivity index (χ1) is 22.4. The van der Waals surface area contributed by atoms with E-state index in [0.29, 0.717) is 6.42 Å². The smallest absolute Gasteiger partial charge is 0.264 e. The van der Waals surface area contributed by atoms with Crippen molar-refractivity contribution in [3.05, 3.63) is 124 Å². The van der Waals surface area contributed by atoms with Gasteiger partial charge in [0.25, 0.3) is 10.0 Å². The SMILES string of the molecule is CC[C@@H](C)NC(=O)[C@@H](Cc1ccccc1)N(Cc1ccc(C)cc1)C(=O)CN(c1cc(Cl)ccc1OC)S(=O)(=O)c1ccc(C)cc1. The molecule has 0 aliphatic rings. The molecule has 0 aliphatic heterocycles. The fourth-order valence-corrected chi connectivity index (χ4v) is 6.68. The van der Waals surface area contributed by atoms with Crippen molar-refractivity contribution < 1.29 is 22.7 Å². The van der Waals surface area contributed by atoms with E-state index in [4.69, 9.17) is 16.3 Å². The molecule has 0 heterocycles. The van der Waals surface area contributed by atoms with Crippen LogP contribution in [0.5, 0.6) is 5.75 Å². The number of benzene rings is 4. The lowest BCUT2D eigenvalue weighted by atomic mass is 10.0. The second-order valence-electron chi connectivity index (χ2n) is 11.7. The van der Waals surface area contributed by atoms with Gasteiger partial charge in [0.2, 0.25) is 11.8 Å². The normalized spacial score (nSPS) is 12.6. The van der Waals surface area contributed by atoms with Crippen LogP contribution in [0.15, 0.2) is 102 Å². The Balaban J connectivity index is 1.85. The summed E-state index contributed by atoms with van der Waals surface area (Å²) < 4.78 is 35.2. The Labute approximate surface area is 283 Å². The van der Waals surface area contributed by atoms with Crippen molar-refractivity contribution in [2.75, 3.05) is 18.0 Å². The number of amides is 2. The van der Waals surface area contributed by atoms with Gasteiger partial charge in [-0.15, -0.1) is 0 Å². The number of anilines is 1. The van der Waals surface area contributed by atoms with Gasteiger partial charge in [-0.05, 0) is 68.7 Å². The number of hydrogen-bond acceptors (Lipinski definition) is 5. The first-order valence-electron chi connectivity index (χ1n) is 15.5. The van der Waals surface area contributed by atoms with Crippen LogP contribution < -0.4 is 14.4 Å². The maximum absolute atomic E-state index is 14.7. The molecule has 1 N–H and O–H groups in total. The summed E-state index contributed by atoms with van der Waals surface area (Å²) in [5, 5.41) is 3.32. The van der Waals surface area contributed by atoms with E-state index in [0.717, 1.165) is 26.6 Å². The maximum atomic E-state index is 14.7. The van der Waals surface area contributed by atoms with Crippen molar-refractivity contribution in [1.29, 1.82) is 0 Å². The Bertz CT molecular complexity index is 1760. The molecular formula is C37H42ClN3O5S. The van der Waals surface area contributed by atoms with Crippen LogP contribution in [0.3, 0.4) is 0 Å². The number of carbonyl (C=O) groups is 2. The second kappa shape index (κ2) is 16.0. The molecule has 0 aliphatic carbocycles. The third kappa shape index (κ3) is 9.14. The molecule has 4 aromatic rings. The quantitative estimate of drug-likeness (QED) is 0.160. The summed E-state index contributed by atoms with van der Waals surface area (Å²) in [6.07, 6.45) is 0.929. The van der Waals surface area contributed by atoms with E-state index in [1.54, 1.807) is 24.3 Å². The summed E-state index contributed by atoms with van der Waals surface area (Å²) in [6, 6.07) is 27.1. The Morgan fingerprint density at radius 2 is 1.49 bits per heavy atom. The molecule has 0 spiro atoms. The van der Waals surface area contributed by atoms with Gasteiger partial charge in [0.15, 0.2) is 0 Å². The molecule has 0 fully saturated rings. The number of nitrogens with zero attached hydrogens (tertiary/aromatic N) is 2. The van der Waals surface area contributed by atoms with Crippen LogP contribution in [0, 0.1) is 13.8 Å². The van der Waals surface area contributed by atoms with E-state index >= 15 is 0 Å². The minimum Gasteiger partial charge on any atom is -0.495 e. The third-order valence-electron chi connectivity index (χ3n) is 8.04. The molecule has 2 amide bonds. The Kier molecular flexibility index (Phi) is 12.1. The molecule has 2 atom stereocenters. The van der Waals surface area contributed by atoms with Crippen LogP contribution in [0.25, 0.3) is 0 Å². The number of ether oxygens (including phenoxy) is 1. The maximum Gasteiger partial charge on any atom is 0.264 e. The van der Waals surface area contributed by atoms with Crippen LogP contribution >= 0.6 is 11.6 Å². The fraction of sp³-hybridized carbons (Fsp3) is 0.297. The molecule has 0 unspecified atom stereocenters. The number of hydrogen-bond donors (Lipinski definition) is 1. The number of carbonyl (C=O) groups excluding carboxylic acids is 2. The molecule has 0 saturated heterocycles. The summed E-state index contributed by atoms with van der Waals surface area (Å²) in [7, 11) is -2.89. The summed E-state index contributed by atoms with van der Waals surface area (Å²) in [5.74, 6) is -0.668. The van der Waals surface area contributed by atoms with Gasteiger partial charge in [-0.25, -0.2) is 8.42 Å². The zero-order chi connectivity index (χ0) is 34.1. The van der Waals surface area contributed by atoms with Gasteiger partial charge in [-0.1, -0.05) is 96.4 Å². The highest BCUT2D eigenvalue weighted by atomic mass is 35.5. The van der Waals surface area contributed by atoms with Gasteiger partial charge in [-0.2, -0.15) is 0 Å². The molecule has 4 rings (SSSR count). The van der Waals surface area contributed by atoms with Gasteiger partial charge < -0.3 is 15.0 Å². The molecule has 8 nitrogen and oxygen atoms in total. The summed E-state index contributed by atoms with van der Waals surface area (Å²) in [6.45, 7) is 7.18. The van der Waals surface area contributed by atoms with Crippen molar-refractivity contribution in [2.24, 2.45) is 0 Å². The average Bonchev–Trinajstić information content (AvgIpc) is 3.06. The zero-order valence-corrected chi connectivity index (χ0v) is 29.0. The van der Waals surface area contributed by atoms with Gasteiger partial charge in [-0.3, -0.25) is 13.9 Å². The fourth-order valence-electron chi connectivity index (χ4n) is 5.09. The Morgan fingerprint density at radius 1 is 0.872 bits per heavy atom. The van der Waals surface area contributed by atoms with Crippen molar-refractivity contribution in [2.45, 2.75) is 64.1 Å². The molecule has 47 heavy (non-hydrogen) atoms. The second-order valence-corrected chi connectivity index (χ2v) is 14.0. The van der Waals surface area contributed by atoms with E-state index in [9.17, 15) is 18.0 Å². The predicted octanol–water partition coefficient (Wildman–Crippen LogP) is 6.72. The summed E-state index contributed by atoms with van der Waals surface area (Å²) in [5.41, 5.74) is 3.69. The largest absolute Gasteiger partial charge is 0.495 e. The third-order valence-corrected chi connectivity index (χ3v) is 10.1. The van der Waals surface area contributed by atoms with Crippen LogP contribution in [-0.4, -0.2) is 50.9 Å². The average molecular weight is 676 g/mol. The molecule has 0 aromatic heterocycles. The molecule has 0 saturated carbocycles. The highest BCUT2D eigenvalue weighted by Crippen LogP contribution is 2.35. The van der Waals surface area contributed by atoms with Crippen LogP contribution in [0.4, 0.5) is 5.69 Å². The minimum atomic E-state index is -4.31. The number of nitrogens with one attached hydrogen (secondary N) is 1. The van der Waals surface area contributed by atoms with E-state index in [-0.39, 0.29) is 46.3 Å². The highest BCUT2D eigenvalue weighted by molar-refractivity contribution is 7.92. The molecular weight excluding hydrogens is 634 g/mol. The van der Waals surface area contributed by atoms with Crippen molar-refractivity contribution in [3.8, 4) is 5.75 Å². The lowest BCUT2D eigenvalue weighted by Gasteiger charge is -2.34. The van der Waals surface area contributed by atoms with Gasteiger partial charge in [0.05, 0.1) is 17.7 Å². The van der Waals surface area contributed by atoms with Gasteiger partial charge >= 0.3 is 0 Å². The molecule has 0 radical (unpaired) electrons. The van der Waals surface area contributed by atoms with Gasteiger partial charge in [0.1, 0.15) is 18.3 Å². The number of halogens is 1. The number of methoxy groups -OCH3 is 1. The number of sulfonamides is 1. The Morgan fingerprint density at radius 3 is 2.09 bits per heavy atom. The van der Waals surface area contributed by atoms with Crippen LogP contribution in [0.2, 0.25) is 5.02 Å². The van der Waals surface area contributed by atoms with Crippen molar-refractivity contribution in [3.63, 3.8) is 0 Å². The van der Waals surface area contributed by atoms with E-state index in [1.165, 1.54) is 30.2 Å². The Hall–Kier alpha value is -4.34.